The molecule has 148 valence electrons. The van der Waals surface area contributed by atoms with Crippen LogP contribution in [0.15, 0.2) is 59.3 Å². The number of carbonyl (C=O) groups is 1. The van der Waals surface area contributed by atoms with Gasteiger partial charge in [0.2, 0.25) is 17.7 Å². The van der Waals surface area contributed by atoms with E-state index < -0.39 is 0 Å². The number of imidazole rings is 1. The molecule has 0 unspecified atom stereocenters. The fourth-order valence-corrected chi connectivity index (χ4v) is 3.11. The van der Waals surface area contributed by atoms with Gasteiger partial charge in [0.15, 0.2) is 0 Å². The fraction of sp³-hybridized carbons (Fsp3) is 0.273. The quantitative estimate of drug-likeness (QED) is 0.501. The minimum Gasteiger partial charge on any atom is -0.425 e. The summed E-state index contributed by atoms with van der Waals surface area (Å²) in [7, 11) is 0. The highest BCUT2D eigenvalue weighted by Crippen LogP contribution is 2.09. The van der Waals surface area contributed by atoms with Crippen molar-refractivity contribution in [1.82, 2.24) is 24.9 Å². The van der Waals surface area contributed by atoms with Gasteiger partial charge in [-0.3, -0.25) is 4.79 Å². The lowest BCUT2D eigenvalue weighted by molar-refractivity contribution is -0.121. The van der Waals surface area contributed by atoms with Gasteiger partial charge in [-0.2, -0.15) is 0 Å². The summed E-state index contributed by atoms with van der Waals surface area (Å²) in [6.07, 6.45) is 6.15. The van der Waals surface area contributed by atoms with Crippen molar-refractivity contribution in [3.63, 3.8) is 0 Å². The SMILES string of the molecule is Cc1ccn2cc(CNC(=O)CCc3nnc(CCc4ccccc4)o3)nc2c1. The molecule has 7 nitrogen and oxygen atoms in total. The largest absolute Gasteiger partial charge is 0.425 e. The van der Waals surface area contributed by atoms with E-state index in [9.17, 15) is 4.79 Å². The number of nitrogens with one attached hydrogen (secondary N) is 1. The second-order valence-corrected chi connectivity index (χ2v) is 7.05. The minimum absolute atomic E-state index is 0.0673. The average molecular weight is 389 g/mol. The molecule has 29 heavy (non-hydrogen) atoms. The molecule has 0 bridgehead atoms. The molecule has 3 heterocycles. The second-order valence-electron chi connectivity index (χ2n) is 7.05. The molecule has 7 heteroatoms. The molecule has 0 aliphatic heterocycles. The summed E-state index contributed by atoms with van der Waals surface area (Å²) < 4.78 is 7.60. The van der Waals surface area contributed by atoms with Crippen LogP contribution in [0.25, 0.3) is 5.65 Å². The van der Waals surface area contributed by atoms with Crippen LogP contribution in [0.5, 0.6) is 0 Å². The minimum atomic E-state index is -0.0673. The van der Waals surface area contributed by atoms with E-state index in [1.807, 2.05) is 54.0 Å². The Kier molecular flexibility index (Phi) is 5.65. The second kappa shape index (κ2) is 8.68. The molecular formula is C22H23N5O2. The Morgan fingerprint density at radius 3 is 2.69 bits per heavy atom. The maximum absolute atomic E-state index is 12.1. The van der Waals surface area contributed by atoms with Gasteiger partial charge >= 0.3 is 0 Å². The van der Waals surface area contributed by atoms with E-state index >= 15 is 0 Å². The van der Waals surface area contributed by atoms with Crippen LogP contribution in [0.4, 0.5) is 0 Å². The summed E-state index contributed by atoms with van der Waals surface area (Å²) in [4.78, 5) is 16.7. The Balaban J connectivity index is 1.22. The predicted octanol–water partition coefficient (Wildman–Crippen LogP) is 3.06. The number of pyridine rings is 1. The number of benzene rings is 1. The molecule has 0 fully saturated rings. The standard InChI is InChI=1S/C22H23N5O2/c1-16-11-12-27-15-18(24-19(27)13-16)14-23-20(28)8-10-22-26-25-21(29-22)9-7-17-5-3-2-4-6-17/h2-6,11-13,15H,7-10,14H2,1H3,(H,23,28). The number of hydrogen-bond donors (Lipinski definition) is 1. The molecule has 0 saturated heterocycles. The van der Waals surface area contributed by atoms with Crippen molar-refractivity contribution in [2.24, 2.45) is 0 Å². The Morgan fingerprint density at radius 2 is 1.86 bits per heavy atom. The fourth-order valence-electron chi connectivity index (χ4n) is 3.11. The zero-order chi connectivity index (χ0) is 20.1. The molecule has 0 aliphatic carbocycles. The number of fused-ring (bicyclic) bond motifs is 1. The molecule has 1 N–H and O–H groups in total. The van der Waals surface area contributed by atoms with Crippen LogP contribution in [-0.2, 0) is 30.6 Å². The first-order chi connectivity index (χ1) is 14.2. The van der Waals surface area contributed by atoms with Crippen molar-refractivity contribution < 1.29 is 9.21 Å². The Bertz CT molecular complexity index is 1100. The molecule has 0 spiro atoms. The molecule has 4 rings (SSSR count). The van der Waals surface area contributed by atoms with Crippen LogP contribution in [0.3, 0.4) is 0 Å². The maximum Gasteiger partial charge on any atom is 0.220 e. The molecule has 0 atom stereocenters. The highest BCUT2D eigenvalue weighted by Gasteiger charge is 2.10. The van der Waals surface area contributed by atoms with Crippen molar-refractivity contribution in [3.8, 4) is 0 Å². The molecular weight excluding hydrogens is 366 g/mol. The zero-order valence-electron chi connectivity index (χ0n) is 16.3. The van der Waals surface area contributed by atoms with Crippen molar-refractivity contribution >= 4 is 11.6 Å². The van der Waals surface area contributed by atoms with Crippen molar-refractivity contribution in [2.45, 2.75) is 39.2 Å². The first-order valence-electron chi connectivity index (χ1n) is 9.72. The summed E-state index contributed by atoms with van der Waals surface area (Å²) >= 11 is 0. The number of carbonyl (C=O) groups excluding carboxylic acids is 1. The maximum atomic E-state index is 12.1. The topological polar surface area (TPSA) is 85.3 Å². The van der Waals surface area contributed by atoms with E-state index in [0.717, 1.165) is 23.3 Å². The van der Waals surface area contributed by atoms with E-state index in [-0.39, 0.29) is 5.91 Å². The highest BCUT2D eigenvalue weighted by molar-refractivity contribution is 5.75. The van der Waals surface area contributed by atoms with Crippen LogP contribution in [0.1, 0.15) is 35.0 Å². The van der Waals surface area contributed by atoms with Crippen LogP contribution in [0, 0.1) is 6.92 Å². The lowest BCUT2D eigenvalue weighted by Gasteiger charge is -2.01. The summed E-state index contributed by atoms with van der Waals surface area (Å²) in [5.74, 6) is 1.03. The van der Waals surface area contributed by atoms with Gasteiger partial charge in [0.25, 0.3) is 0 Å². The van der Waals surface area contributed by atoms with Gasteiger partial charge in [-0.25, -0.2) is 4.98 Å². The molecule has 4 aromatic rings. The van der Waals surface area contributed by atoms with Crippen LogP contribution < -0.4 is 5.32 Å². The lowest BCUT2D eigenvalue weighted by atomic mass is 10.1. The van der Waals surface area contributed by atoms with Gasteiger partial charge in [-0.15, -0.1) is 10.2 Å². The third-order valence-corrected chi connectivity index (χ3v) is 4.68. The van der Waals surface area contributed by atoms with E-state index in [2.05, 4.69) is 32.6 Å². The average Bonchev–Trinajstić information content (AvgIpc) is 3.36. The first kappa shape index (κ1) is 18.9. The van der Waals surface area contributed by atoms with Crippen molar-refractivity contribution in [1.29, 1.82) is 0 Å². The monoisotopic (exact) mass is 389 g/mol. The predicted molar refractivity (Wildman–Crippen MR) is 108 cm³/mol. The summed E-state index contributed by atoms with van der Waals surface area (Å²) in [6.45, 7) is 2.42. The zero-order valence-corrected chi connectivity index (χ0v) is 16.3. The van der Waals surface area contributed by atoms with Gasteiger partial charge in [-0.1, -0.05) is 30.3 Å². The van der Waals surface area contributed by atoms with Gasteiger partial charge in [0.1, 0.15) is 5.65 Å². The van der Waals surface area contributed by atoms with Crippen LogP contribution in [0.2, 0.25) is 0 Å². The number of amides is 1. The summed E-state index contributed by atoms with van der Waals surface area (Å²) in [6, 6.07) is 14.2. The van der Waals surface area contributed by atoms with Crippen LogP contribution >= 0.6 is 0 Å². The van der Waals surface area contributed by atoms with Gasteiger partial charge < -0.3 is 14.1 Å². The Labute approximate surface area is 168 Å². The number of rotatable bonds is 8. The molecule has 1 amide bonds. The smallest absolute Gasteiger partial charge is 0.220 e. The van der Waals surface area contributed by atoms with Crippen molar-refractivity contribution in [2.75, 3.05) is 0 Å². The molecule has 1 aromatic carbocycles. The van der Waals surface area contributed by atoms with E-state index in [4.69, 9.17) is 4.42 Å². The number of aryl methyl sites for hydroxylation is 4. The van der Waals surface area contributed by atoms with Crippen LogP contribution in [-0.4, -0.2) is 25.5 Å². The molecule has 0 radical (unpaired) electrons. The van der Waals surface area contributed by atoms with Crippen molar-refractivity contribution in [3.05, 3.63) is 83.5 Å². The first-order valence-corrected chi connectivity index (χ1v) is 9.72. The van der Waals surface area contributed by atoms with E-state index in [1.165, 1.54) is 5.56 Å². The molecule has 0 saturated carbocycles. The van der Waals surface area contributed by atoms with Gasteiger partial charge in [0.05, 0.1) is 12.2 Å². The number of aromatic nitrogens is 4. The molecule has 0 aliphatic rings. The number of hydrogen-bond acceptors (Lipinski definition) is 5. The van der Waals surface area contributed by atoms with E-state index in [1.54, 1.807) is 0 Å². The Hall–Kier alpha value is -3.48. The third kappa shape index (κ3) is 5.07. The molecule has 3 aromatic heterocycles. The summed E-state index contributed by atoms with van der Waals surface area (Å²) in [5.41, 5.74) is 4.09. The Morgan fingerprint density at radius 1 is 1.07 bits per heavy atom. The lowest BCUT2D eigenvalue weighted by Crippen LogP contribution is -2.23. The van der Waals surface area contributed by atoms with E-state index in [0.29, 0.717) is 37.6 Å². The summed E-state index contributed by atoms with van der Waals surface area (Å²) in [5, 5.41) is 11.0. The van der Waals surface area contributed by atoms with Gasteiger partial charge in [0, 0.05) is 31.7 Å². The highest BCUT2D eigenvalue weighted by atomic mass is 16.4. The normalized spacial score (nSPS) is 11.1. The third-order valence-electron chi connectivity index (χ3n) is 4.68. The van der Waals surface area contributed by atoms with Gasteiger partial charge in [-0.05, 0) is 36.6 Å². The number of nitrogens with zero attached hydrogens (tertiary/aromatic N) is 4.